The van der Waals surface area contributed by atoms with Crippen molar-refractivity contribution >= 4 is 40.1 Å². The van der Waals surface area contributed by atoms with E-state index in [4.69, 9.17) is 18.7 Å². The van der Waals surface area contributed by atoms with Crippen molar-refractivity contribution in [1.82, 2.24) is 20.0 Å². The first-order valence-electron chi connectivity index (χ1n) is 10.4. The van der Waals surface area contributed by atoms with Crippen molar-refractivity contribution in [2.24, 2.45) is 0 Å². The predicted octanol–water partition coefficient (Wildman–Crippen LogP) is 4.21. The highest BCUT2D eigenvalue weighted by atomic mass is 32.1. The number of rotatable bonds is 8. The van der Waals surface area contributed by atoms with Gasteiger partial charge in [0.1, 0.15) is 4.88 Å². The van der Waals surface area contributed by atoms with E-state index in [-0.39, 0.29) is 5.91 Å². The minimum atomic E-state index is -0.371. The Labute approximate surface area is 215 Å². The molecule has 0 spiro atoms. The van der Waals surface area contributed by atoms with E-state index in [0.717, 1.165) is 11.3 Å². The molecule has 190 valence electrons. The number of thiazole rings is 1. The van der Waals surface area contributed by atoms with Gasteiger partial charge in [0.2, 0.25) is 18.0 Å². The summed E-state index contributed by atoms with van der Waals surface area (Å²) in [5, 5.41) is 9.17. The highest BCUT2D eigenvalue weighted by molar-refractivity contribution is 7.19. The average molecular weight is 532 g/mol. The summed E-state index contributed by atoms with van der Waals surface area (Å²) in [6.07, 6.45) is 0.750. The molecule has 0 atom stereocenters. The zero-order chi connectivity index (χ0) is 26.2. The standard InChI is InChI=1S/C20H18N4O5S2.C3H7NO/c1-10-16(19-22-17(24-29-19)14-6-5-7-30-14)31-20(21-10)23-18(25)11-8-12(26-2)15(28-4)13(9-11)27-3;1-4(2)3-5/h5-9H,1-4H3,(H,21,23,25);3H,1-2H3. The molecule has 11 nitrogen and oxygen atoms in total. The Balaban J connectivity index is 0.000000658. The van der Waals surface area contributed by atoms with E-state index in [1.54, 1.807) is 26.2 Å². The first-order valence-corrected chi connectivity index (χ1v) is 12.1. The summed E-state index contributed by atoms with van der Waals surface area (Å²) in [4.78, 5) is 34.2. The molecule has 1 N–H and O–H groups in total. The highest BCUT2D eigenvalue weighted by Crippen LogP contribution is 2.39. The van der Waals surface area contributed by atoms with Crippen molar-refractivity contribution in [2.75, 3.05) is 40.7 Å². The van der Waals surface area contributed by atoms with Crippen LogP contribution in [-0.2, 0) is 4.79 Å². The molecule has 13 heteroatoms. The number of nitrogens with zero attached hydrogens (tertiary/aromatic N) is 4. The molecule has 1 aromatic carbocycles. The molecule has 2 amide bonds. The number of aromatic nitrogens is 3. The van der Waals surface area contributed by atoms with Crippen LogP contribution in [0.2, 0.25) is 0 Å². The van der Waals surface area contributed by atoms with Crippen LogP contribution < -0.4 is 19.5 Å². The molecular weight excluding hydrogens is 506 g/mol. The second-order valence-corrected chi connectivity index (χ2v) is 9.22. The lowest BCUT2D eigenvalue weighted by atomic mass is 10.1. The predicted molar refractivity (Wildman–Crippen MR) is 137 cm³/mol. The van der Waals surface area contributed by atoms with Gasteiger partial charge in [0.25, 0.3) is 11.8 Å². The quantitative estimate of drug-likeness (QED) is 0.332. The summed E-state index contributed by atoms with van der Waals surface area (Å²) in [5.74, 6) is 1.67. The van der Waals surface area contributed by atoms with Crippen molar-refractivity contribution in [2.45, 2.75) is 6.92 Å². The third-order valence-corrected chi connectivity index (χ3v) is 6.44. The second-order valence-electron chi connectivity index (χ2n) is 7.27. The number of methoxy groups -OCH3 is 3. The van der Waals surface area contributed by atoms with Gasteiger partial charge >= 0.3 is 0 Å². The van der Waals surface area contributed by atoms with E-state index in [2.05, 4.69) is 20.4 Å². The van der Waals surface area contributed by atoms with Crippen LogP contribution in [0.5, 0.6) is 17.2 Å². The van der Waals surface area contributed by atoms with E-state index >= 15 is 0 Å². The van der Waals surface area contributed by atoms with Crippen LogP contribution in [-0.4, -0.2) is 67.8 Å². The molecule has 0 radical (unpaired) electrons. The Morgan fingerprint density at radius 2 is 1.78 bits per heavy atom. The van der Waals surface area contributed by atoms with Gasteiger partial charge in [-0.05, 0) is 30.5 Å². The molecule has 0 unspecified atom stereocenters. The fraction of sp³-hybridized carbons (Fsp3) is 0.261. The van der Waals surface area contributed by atoms with Gasteiger partial charge in [-0.1, -0.05) is 22.6 Å². The van der Waals surface area contributed by atoms with Gasteiger partial charge in [-0.2, -0.15) is 4.98 Å². The summed E-state index contributed by atoms with van der Waals surface area (Å²) >= 11 is 2.78. The van der Waals surface area contributed by atoms with E-state index < -0.39 is 0 Å². The van der Waals surface area contributed by atoms with Crippen molar-refractivity contribution in [1.29, 1.82) is 0 Å². The van der Waals surface area contributed by atoms with Gasteiger partial charge in [-0.25, -0.2) is 4.98 Å². The van der Waals surface area contributed by atoms with Crippen molar-refractivity contribution in [3.63, 3.8) is 0 Å². The molecule has 3 heterocycles. The van der Waals surface area contributed by atoms with E-state index in [9.17, 15) is 9.59 Å². The fourth-order valence-corrected chi connectivity index (χ4v) is 4.38. The molecule has 3 aromatic heterocycles. The molecule has 0 saturated carbocycles. The smallest absolute Gasteiger partial charge is 0.270 e. The largest absolute Gasteiger partial charge is 0.493 e. The Hall–Kier alpha value is -3.97. The van der Waals surface area contributed by atoms with Gasteiger partial charge in [0.05, 0.1) is 31.9 Å². The Bertz CT molecular complexity index is 1290. The number of amides is 2. The normalized spacial score (nSPS) is 10.2. The first kappa shape index (κ1) is 26.6. The number of nitrogens with one attached hydrogen (secondary N) is 1. The number of carbonyl (C=O) groups is 2. The van der Waals surface area contributed by atoms with Gasteiger partial charge in [-0.3, -0.25) is 14.9 Å². The summed E-state index contributed by atoms with van der Waals surface area (Å²) in [6, 6.07) is 6.99. The summed E-state index contributed by atoms with van der Waals surface area (Å²) in [6.45, 7) is 1.82. The highest BCUT2D eigenvalue weighted by Gasteiger charge is 2.21. The maximum absolute atomic E-state index is 12.8. The molecule has 36 heavy (non-hydrogen) atoms. The zero-order valence-electron chi connectivity index (χ0n) is 20.5. The first-order chi connectivity index (χ1) is 17.3. The zero-order valence-corrected chi connectivity index (χ0v) is 22.2. The lowest BCUT2D eigenvalue weighted by Crippen LogP contribution is -2.12. The number of thiophene rings is 1. The molecule has 4 rings (SSSR count). The fourth-order valence-electron chi connectivity index (χ4n) is 2.85. The maximum atomic E-state index is 12.8. The van der Waals surface area contributed by atoms with E-state index in [1.165, 1.54) is 48.9 Å². The molecule has 0 saturated heterocycles. The van der Waals surface area contributed by atoms with Gasteiger partial charge in [-0.15, -0.1) is 11.3 Å². The summed E-state index contributed by atoms with van der Waals surface area (Å²) in [5.41, 5.74) is 1.01. The molecule has 0 aliphatic heterocycles. The molecule has 0 fully saturated rings. The number of aryl methyl sites for hydroxylation is 1. The topological polar surface area (TPSA) is 129 Å². The maximum Gasteiger partial charge on any atom is 0.270 e. The molecule has 4 aromatic rings. The monoisotopic (exact) mass is 531 g/mol. The molecular formula is C23H25N5O6S2. The van der Waals surface area contributed by atoms with Crippen LogP contribution in [0.4, 0.5) is 5.13 Å². The molecule has 0 aliphatic carbocycles. The minimum Gasteiger partial charge on any atom is -0.493 e. The summed E-state index contributed by atoms with van der Waals surface area (Å²) < 4.78 is 21.3. The number of hydrogen-bond acceptors (Lipinski definition) is 11. The van der Waals surface area contributed by atoms with Crippen molar-refractivity contribution in [3.8, 4) is 38.7 Å². The van der Waals surface area contributed by atoms with Crippen LogP contribution in [0.15, 0.2) is 34.2 Å². The third kappa shape index (κ3) is 6.17. The number of anilines is 1. The number of ether oxygens (including phenoxy) is 3. The van der Waals surface area contributed by atoms with Crippen LogP contribution in [0.1, 0.15) is 16.1 Å². The average Bonchev–Trinajstić information content (AvgIpc) is 3.64. The number of carbonyl (C=O) groups excluding carboxylic acids is 2. The molecule has 0 aliphatic rings. The second kappa shape index (κ2) is 12.1. The van der Waals surface area contributed by atoms with Gasteiger partial charge < -0.3 is 23.6 Å². The number of hydrogen-bond donors (Lipinski definition) is 1. The summed E-state index contributed by atoms with van der Waals surface area (Å²) in [7, 11) is 7.86. The van der Waals surface area contributed by atoms with E-state index in [1.807, 2.05) is 24.4 Å². The molecule has 0 bridgehead atoms. The van der Waals surface area contributed by atoms with Crippen molar-refractivity contribution in [3.05, 3.63) is 40.9 Å². The Morgan fingerprint density at radius 3 is 2.31 bits per heavy atom. The van der Waals surface area contributed by atoms with Gasteiger partial charge in [0, 0.05) is 19.7 Å². The Kier molecular flexibility index (Phi) is 8.97. The van der Waals surface area contributed by atoms with Gasteiger partial charge in [0.15, 0.2) is 16.6 Å². The van der Waals surface area contributed by atoms with Crippen LogP contribution in [0, 0.1) is 6.92 Å². The lowest BCUT2D eigenvalue weighted by molar-refractivity contribution is -0.115. The lowest BCUT2D eigenvalue weighted by Gasteiger charge is -2.13. The Morgan fingerprint density at radius 1 is 1.11 bits per heavy atom. The number of benzene rings is 1. The minimum absolute atomic E-state index is 0.335. The van der Waals surface area contributed by atoms with Crippen LogP contribution >= 0.6 is 22.7 Å². The van der Waals surface area contributed by atoms with Crippen LogP contribution in [0.3, 0.4) is 0 Å². The van der Waals surface area contributed by atoms with Crippen molar-refractivity contribution < 1.29 is 28.3 Å². The third-order valence-electron chi connectivity index (χ3n) is 4.52. The SMILES string of the molecule is CN(C)C=O.COc1cc(C(=O)Nc2nc(C)c(-c3nc(-c4cccs4)no3)s2)cc(OC)c1OC. The van der Waals surface area contributed by atoms with Crippen LogP contribution in [0.25, 0.3) is 21.5 Å². The van der Waals surface area contributed by atoms with E-state index in [0.29, 0.717) is 50.2 Å².